The smallest absolute Gasteiger partial charge is 0.341 e. The standard InChI is InChI=1S/C23H29N7O2/c1-29-13-21(27-28-29)18-11-19(18)22-20(23(31)32-2)12-25-30(22)17-8-4-6-15(10-17)14-5-3-7-16(9-14)26-24/h4,6,8,10,12-14,16,18-19,26H,3,5,7,9,11,24H2,1-2H3/t14-,16-,18?,19?/m0/s1. The van der Waals surface area contributed by atoms with Crippen molar-refractivity contribution < 1.29 is 9.53 Å². The lowest BCUT2D eigenvalue weighted by Crippen LogP contribution is -2.38. The van der Waals surface area contributed by atoms with Crippen molar-refractivity contribution in [3.63, 3.8) is 0 Å². The lowest BCUT2D eigenvalue weighted by atomic mass is 9.81. The van der Waals surface area contributed by atoms with Crippen LogP contribution in [0.3, 0.4) is 0 Å². The predicted molar refractivity (Wildman–Crippen MR) is 118 cm³/mol. The van der Waals surface area contributed by atoms with Gasteiger partial charge in [-0.3, -0.25) is 16.0 Å². The van der Waals surface area contributed by atoms with Crippen LogP contribution in [0.2, 0.25) is 0 Å². The Hall–Kier alpha value is -3.04. The Labute approximate surface area is 186 Å². The van der Waals surface area contributed by atoms with Crippen LogP contribution in [0, 0.1) is 0 Å². The van der Waals surface area contributed by atoms with Crippen LogP contribution >= 0.6 is 0 Å². The summed E-state index contributed by atoms with van der Waals surface area (Å²) in [7, 11) is 3.27. The number of hydrazine groups is 1. The Morgan fingerprint density at radius 1 is 1.25 bits per heavy atom. The van der Waals surface area contributed by atoms with Gasteiger partial charge in [0, 0.05) is 31.1 Å². The molecule has 0 aliphatic heterocycles. The normalized spacial score (nSPS) is 25.0. The van der Waals surface area contributed by atoms with Crippen molar-refractivity contribution in [2.45, 2.75) is 55.9 Å². The maximum Gasteiger partial charge on any atom is 0.341 e. The van der Waals surface area contributed by atoms with Crippen LogP contribution in [0.4, 0.5) is 0 Å². The van der Waals surface area contributed by atoms with Gasteiger partial charge in [-0.15, -0.1) is 5.10 Å². The summed E-state index contributed by atoms with van der Waals surface area (Å²) in [5, 5.41) is 12.9. The van der Waals surface area contributed by atoms with Gasteiger partial charge in [0.1, 0.15) is 5.56 Å². The first-order chi connectivity index (χ1) is 15.6. The van der Waals surface area contributed by atoms with E-state index in [0.717, 1.165) is 49.2 Å². The fraction of sp³-hybridized carbons (Fsp3) is 0.478. The highest BCUT2D eigenvalue weighted by Crippen LogP contribution is 2.55. The average Bonchev–Trinajstić information content (AvgIpc) is 3.28. The SMILES string of the molecule is COC(=O)c1cnn(-c2cccc([C@H]3CCC[C@H](NN)C3)c2)c1C1CC1c1cn(C)nn1. The summed E-state index contributed by atoms with van der Waals surface area (Å²) in [6, 6.07) is 8.84. The number of ether oxygens (including phenoxy) is 1. The van der Waals surface area contributed by atoms with E-state index in [0.29, 0.717) is 17.5 Å². The number of nitrogens with two attached hydrogens (primary N) is 1. The van der Waals surface area contributed by atoms with Gasteiger partial charge in [-0.1, -0.05) is 23.8 Å². The van der Waals surface area contributed by atoms with Crippen LogP contribution in [-0.4, -0.2) is 43.9 Å². The molecule has 0 amide bonds. The number of esters is 1. The van der Waals surface area contributed by atoms with Gasteiger partial charge in [-0.2, -0.15) is 5.10 Å². The molecule has 2 saturated carbocycles. The van der Waals surface area contributed by atoms with E-state index in [4.69, 9.17) is 10.6 Å². The molecule has 9 nitrogen and oxygen atoms in total. The van der Waals surface area contributed by atoms with Crippen LogP contribution in [0.1, 0.15) is 77.2 Å². The number of carbonyl (C=O) groups is 1. The average molecular weight is 436 g/mol. The molecule has 2 aliphatic rings. The third-order valence-electron chi connectivity index (χ3n) is 6.85. The summed E-state index contributed by atoms with van der Waals surface area (Å²) in [4.78, 5) is 12.5. The maximum absolute atomic E-state index is 12.5. The molecule has 2 aliphatic carbocycles. The van der Waals surface area contributed by atoms with E-state index >= 15 is 0 Å². The topological polar surface area (TPSA) is 113 Å². The van der Waals surface area contributed by atoms with Gasteiger partial charge in [0.25, 0.3) is 0 Å². The molecular formula is C23H29N7O2. The molecule has 2 aromatic heterocycles. The number of nitrogens with one attached hydrogen (secondary N) is 1. The van der Waals surface area contributed by atoms with Crippen molar-refractivity contribution in [3.8, 4) is 5.69 Å². The number of rotatable bonds is 6. The minimum absolute atomic E-state index is 0.146. The second-order valence-electron chi connectivity index (χ2n) is 8.93. The molecule has 1 aromatic carbocycles. The van der Waals surface area contributed by atoms with Gasteiger partial charge >= 0.3 is 5.97 Å². The second kappa shape index (κ2) is 8.48. The third-order valence-corrected chi connectivity index (χ3v) is 6.85. The number of methoxy groups -OCH3 is 1. The molecule has 0 radical (unpaired) electrons. The van der Waals surface area contributed by atoms with Crippen LogP contribution < -0.4 is 11.3 Å². The number of nitrogens with zero attached hydrogens (tertiary/aromatic N) is 5. The number of benzene rings is 1. The maximum atomic E-state index is 12.5. The molecule has 9 heteroatoms. The number of aromatic nitrogens is 5. The minimum Gasteiger partial charge on any atom is -0.465 e. The van der Waals surface area contributed by atoms with Gasteiger partial charge in [-0.25, -0.2) is 9.48 Å². The Morgan fingerprint density at radius 2 is 2.12 bits per heavy atom. The summed E-state index contributed by atoms with van der Waals surface area (Å²) in [5.41, 5.74) is 7.53. The monoisotopic (exact) mass is 435 g/mol. The Bertz CT molecular complexity index is 1120. The number of carbonyl (C=O) groups excluding carboxylic acids is 1. The zero-order valence-corrected chi connectivity index (χ0v) is 18.4. The van der Waals surface area contributed by atoms with Crippen molar-refractivity contribution in [1.29, 1.82) is 0 Å². The van der Waals surface area contributed by atoms with E-state index in [2.05, 4.69) is 39.0 Å². The highest BCUT2D eigenvalue weighted by atomic mass is 16.5. The van der Waals surface area contributed by atoms with Crippen molar-refractivity contribution in [1.82, 2.24) is 30.2 Å². The summed E-state index contributed by atoms with van der Waals surface area (Å²) in [5.74, 6) is 6.17. The summed E-state index contributed by atoms with van der Waals surface area (Å²) in [6.45, 7) is 0. The van der Waals surface area contributed by atoms with E-state index in [-0.39, 0.29) is 17.8 Å². The zero-order valence-electron chi connectivity index (χ0n) is 18.4. The molecule has 0 spiro atoms. The van der Waals surface area contributed by atoms with Crippen LogP contribution in [0.5, 0.6) is 0 Å². The van der Waals surface area contributed by atoms with Crippen LogP contribution in [0.15, 0.2) is 36.7 Å². The Kier molecular flexibility index (Phi) is 5.52. The first kappa shape index (κ1) is 20.8. The number of hydrogen-bond donors (Lipinski definition) is 2. The molecule has 2 fully saturated rings. The molecular weight excluding hydrogens is 406 g/mol. The Balaban J connectivity index is 1.49. The second-order valence-corrected chi connectivity index (χ2v) is 8.93. The molecule has 2 heterocycles. The number of hydrogen-bond acceptors (Lipinski definition) is 7. The van der Waals surface area contributed by atoms with Crippen molar-refractivity contribution in [2.75, 3.05) is 7.11 Å². The van der Waals surface area contributed by atoms with E-state index in [1.807, 2.05) is 24.0 Å². The minimum atomic E-state index is -0.364. The molecule has 0 bridgehead atoms. The summed E-state index contributed by atoms with van der Waals surface area (Å²) >= 11 is 0. The molecule has 3 aromatic rings. The van der Waals surface area contributed by atoms with Crippen LogP contribution in [-0.2, 0) is 11.8 Å². The van der Waals surface area contributed by atoms with Crippen molar-refractivity contribution in [3.05, 3.63) is 59.2 Å². The van der Waals surface area contributed by atoms with Gasteiger partial charge in [-0.05, 0) is 49.3 Å². The lowest BCUT2D eigenvalue weighted by molar-refractivity contribution is 0.0599. The molecule has 0 saturated heterocycles. The summed E-state index contributed by atoms with van der Waals surface area (Å²) in [6.07, 6.45) is 8.91. The van der Waals surface area contributed by atoms with Crippen molar-refractivity contribution in [2.24, 2.45) is 12.9 Å². The van der Waals surface area contributed by atoms with E-state index in [1.54, 1.807) is 10.9 Å². The molecule has 32 heavy (non-hydrogen) atoms. The highest BCUT2D eigenvalue weighted by Gasteiger charge is 2.46. The highest BCUT2D eigenvalue weighted by molar-refractivity contribution is 5.91. The summed E-state index contributed by atoms with van der Waals surface area (Å²) < 4.78 is 8.66. The molecule has 3 N–H and O–H groups in total. The molecule has 168 valence electrons. The van der Waals surface area contributed by atoms with E-state index in [9.17, 15) is 4.79 Å². The first-order valence-electron chi connectivity index (χ1n) is 11.2. The van der Waals surface area contributed by atoms with Crippen molar-refractivity contribution >= 4 is 5.97 Å². The molecule has 2 unspecified atom stereocenters. The fourth-order valence-electron chi connectivity index (χ4n) is 5.10. The zero-order chi connectivity index (χ0) is 22.2. The van der Waals surface area contributed by atoms with Crippen LogP contribution in [0.25, 0.3) is 5.69 Å². The molecule has 5 rings (SSSR count). The molecule has 4 atom stereocenters. The Morgan fingerprint density at radius 3 is 2.88 bits per heavy atom. The third kappa shape index (κ3) is 3.82. The van der Waals surface area contributed by atoms with E-state index < -0.39 is 0 Å². The van der Waals surface area contributed by atoms with E-state index in [1.165, 1.54) is 12.7 Å². The largest absolute Gasteiger partial charge is 0.465 e. The lowest BCUT2D eigenvalue weighted by Gasteiger charge is -2.29. The number of aryl methyl sites for hydroxylation is 1. The van der Waals surface area contributed by atoms with Gasteiger partial charge < -0.3 is 4.74 Å². The van der Waals surface area contributed by atoms with Gasteiger partial charge in [0.05, 0.1) is 30.4 Å². The quantitative estimate of drug-likeness (QED) is 0.347. The van der Waals surface area contributed by atoms with Gasteiger partial charge in [0.2, 0.25) is 0 Å². The predicted octanol–water partition coefficient (Wildman–Crippen LogP) is 2.55. The van der Waals surface area contributed by atoms with Gasteiger partial charge in [0.15, 0.2) is 0 Å². The fourth-order valence-corrected chi connectivity index (χ4v) is 5.10. The first-order valence-corrected chi connectivity index (χ1v) is 11.2.